The molecule has 0 amide bonds. The highest BCUT2D eigenvalue weighted by Crippen LogP contribution is 2.06. The molecule has 12 heavy (non-hydrogen) atoms. The number of amidine groups is 1. The molecule has 0 aromatic rings. The van der Waals surface area contributed by atoms with Gasteiger partial charge in [0.1, 0.15) is 0 Å². The third-order valence-electron chi connectivity index (χ3n) is 2.13. The van der Waals surface area contributed by atoms with Crippen LogP contribution in [0.3, 0.4) is 0 Å². The lowest BCUT2D eigenvalue weighted by Crippen LogP contribution is -2.35. The normalized spacial score (nSPS) is 13.3. The molecule has 0 aromatic heterocycles. The molecule has 3 heteroatoms. The zero-order chi connectivity index (χ0) is 9.56. The van der Waals surface area contributed by atoms with Gasteiger partial charge in [0.2, 0.25) is 0 Å². The monoisotopic (exact) mass is 171 g/mol. The fraction of sp³-hybridized carbons (Fsp3) is 0.889. The summed E-state index contributed by atoms with van der Waals surface area (Å²) in [7, 11) is 2.10. The van der Waals surface area contributed by atoms with Crippen LogP contribution < -0.4 is 5.73 Å². The number of rotatable bonds is 6. The molecule has 0 spiro atoms. The standard InChI is InChI=1S/C9H21N3/c1-4-6-12(3)8(5-2)7-9(10)11/h8H,4-7H2,1-3H3,(H3,10,11). The van der Waals surface area contributed by atoms with E-state index in [1.165, 1.54) is 0 Å². The van der Waals surface area contributed by atoms with Gasteiger partial charge in [-0.3, -0.25) is 5.41 Å². The van der Waals surface area contributed by atoms with Crippen LogP contribution in [0.25, 0.3) is 0 Å². The Morgan fingerprint density at radius 3 is 2.42 bits per heavy atom. The molecule has 0 rings (SSSR count). The number of nitrogens with one attached hydrogen (secondary N) is 1. The summed E-state index contributed by atoms with van der Waals surface area (Å²) in [5.74, 6) is 0.296. The molecule has 0 saturated carbocycles. The fourth-order valence-corrected chi connectivity index (χ4v) is 1.40. The first-order chi connectivity index (χ1) is 5.61. The van der Waals surface area contributed by atoms with Crippen LogP contribution in [0.15, 0.2) is 0 Å². The quantitative estimate of drug-likeness (QED) is 0.469. The van der Waals surface area contributed by atoms with Gasteiger partial charge in [0, 0.05) is 12.5 Å². The molecule has 0 aliphatic heterocycles. The Labute approximate surface area is 75.4 Å². The number of nitrogens with zero attached hydrogens (tertiary/aromatic N) is 1. The molecule has 0 heterocycles. The molecule has 0 saturated heterocycles. The van der Waals surface area contributed by atoms with E-state index in [9.17, 15) is 0 Å². The average Bonchev–Trinajstić information content (AvgIpc) is 2.00. The highest BCUT2D eigenvalue weighted by Gasteiger charge is 2.12. The van der Waals surface area contributed by atoms with Crippen molar-refractivity contribution in [3.8, 4) is 0 Å². The van der Waals surface area contributed by atoms with Crippen LogP contribution in [0, 0.1) is 5.41 Å². The second-order valence-corrected chi connectivity index (χ2v) is 3.27. The Kier molecular flexibility index (Phi) is 5.72. The Balaban J connectivity index is 3.86. The number of hydrogen-bond acceptors (Lipinski definition) is 2. The molecular weight excluding hydrogens is 150 g/mol. The second-order valence-electron chi connectivity index (χ2n) is 3.27. The highest BCUT2D eigenvalue weighted by atomic mass is 15.1. The number of nitrogens with two attached hydrogens (primary N) is 1. The van der Waals surface area contributed by atoms with Crippen LogP contribution in [0.1, 0.15) is 33.1 Å². The molecule has 0 aromatic carbocycles. The van der Waals surface area contributed by atoms with E-state index >= 15 is 0 Å². The van der Waals surface area contributed by atoms with E-state index < -0.39 is 0 Å². The van der Waals surface area contributed by atoms with Crippen molar-refractivity contribution in [2.24, 2.45) is 5.73 Å². The van der Waals surface area contributed by atoms with Crippen LogP contribution in [0.2, 0.25) is 0 Å². The fourth-order valence-electron chi connectivity index (χ4n) is 1.40. The minimum absolute atomic E-state index is 0.296. The summed E-state index contributed by atoms with van der Waals surface area (Å²) in [5, 5.41) is 7.20. The van der Waals surface area contributed by atoms with Crippen molar-refractivity contribution in [1.29, 1.82) is 5.41 Å². The van der Waals surface area contributed by atoms with Gasteiger partial charge in [0.25, 0.3) is 0 Å². The third-order valence-corrected chi connectivity index (χ3v) is 2.13. The summed E-state index contributed by atoms with van der Waals surface area (Å²) in [6.07, 6.45) is 2.92. The predicted octanol–water partition coefficient (Wildman–Crippen LogP) is 1.43. The smallest absolute Gasteiger partial charge is 0.0921 e. The maximum absolute atomic E-state index is 7.20. The van der Waals surface area contributed by atoms with Gasteiger partial charge in [0.15, 0.2) is 0 Å². The topological polar surface area (TPSA) is 53.1 Å². The SMILES string of the molecule is CCCN(C)C(CC)CC(=N)N. The first-order valence-corrected chi connectivity index (χ1v) is 4.64. The second kappa shape index (κ2) is 6.00. The van der Waals surface area contributed by atoms with E-state index in [0.717, 1.165) is 19.4 Å². The van der Waals surface area contributed by atoms with Crippen LogP contribution >= 0.6 is 0 Å². The highest BCUT2D eigenvalue weighted by molar-refractivity contribution is 5.77. The van der Waals surface area contributed by atoms with E-state index in [1.807, 2.05) is 0 Å². The first kappa shape index (κ1) is 11.4. The predicted molar refractivity (Wildman–Crippen MR) is 53.5 cm³/mol. The van der Waals surface area contributed by atoms with Gasteiger partial charge in [-0.2, -0.15) is 0 Å². The molecule has 0 radical (unpaired) electrons. The Morgan fingerprint density at radius 2 is 2.08 bits per heavy atom. The zero-order valence-corrected chi connectivity index (χ0v) is 8.43. The van der Waals surface area contributed by atoms with Gasteiger partial charge in [-0.25, -0.2) is 0 Å². The van der Waals surface area contributed by atoms with Gasteiger partial charge in [0.05, 0.1) is 5.84 Å². The van der Waals surface area contributed by atoms with E-state index in [1.54, 1.807) is 0 Å². The molecule has 0 aliphatic rings. The van der Waals surface area contributed by atoms with Crippen molar-refractivity contribution < 1.29 is 0 Å². The zero-order valence-electron chi connectivity index (χ0n) is 8.43. The minimum atomic E-state index is 0.296. The summed E-state index contributed by atoms with van der Waals surface area (Å²) in [5.41, 5.74) is 5.36. The Morgan fingerprint density at radius 1 is 1.50 bits per heavy atom. The number of hydrogen-bond donors (Lipinski definition) is 2. The van der Waals surface area contributed by atoms with Gasteiger partial charge < -0.3 is 10.6 Å². The van der Waals surface area contributed by atoms with Crippen LogP contribution in [0.4, 0.5) is 0 Å². The summed E-state index contributed by atoms with van der Waals surface area (Å²) in [6, 6.07) is 0.447. The maximum atomic E-state index is 7.20. The molecule has 1 unspecified atom stereocenters. The van der Waals surface area contributed by atoms with Crippen molar-refractivity contribution in [2.75, 3.05) is 13.6 Å². The van der Waals surface area contributed by atoms with Gasteiger partial charge >= 0.3 is 0 Å². The van der Waals surface area contributed by atoms with Crippen LogP contribution in [-0.4, -0.2) is 30.4 Å². The maximum Gasteiger partial charge on any atom is 0.0921 e. The van der Waals surface area contributed by atoms with Crippen molar-refractivity contribution in [1.82, 2.24) is 4.90 Å². The lowest BCUT2D eigenvalue weighted by Gasteiger charge is -2.26. The van der Waals surface area contributed by atoms with Crippen molar-refractivity contribution in [3.05, 3.63) is 0 Å². The lowest BCUT2D eigenvalue weighted by molar-refractivity contribution is 0.241. The van der Waals surface area contributed by atoms with E-state index in [-0.39, 0.29) is 0 Å². The van der Waals surface area contributed by atoms with Crippen LogP contribution in [0.5, 0.6) is 0 Å². The average molecular weight is 171 g/mol. The summed E-state index contributed by atoms with van der Waals surface area (Å²) in [4.78, 5) is 2.28. The van der Waals surface area contributed by atoms with Crippen LogP contribution in [-0.2, 0) is 0 Å². The van der Waals surface area contributed by atoms with Gasteiger partial charge in [-0.05, 0) is 26.4 Å². The Bertz CT molecular complexity index is 134. The molecule has 1 atom stereocenters. The first-order valence-electron chi connectivity index (χ1n) is 4.64. The van der Waals surface area contributed by atoms with Gasteiger partial charge in [-0.15, -0.1) is 0 Å². The summed E-state index contributed by atoms with van der Waals surface area (Å²) < 4.78 is 0. The van der Waals surface area contributed by atoms with Gasteiger partial charge in [-0.1, -0.05) is 13.8 Å². The van der Waals surface area contributed by atoms with E-state index in [4.69, 9.17) is 11.1 Å². The Hall–Kier alpha value is -0.570. The van der Waals surface area contributed by atoms with Crippen molar-refractivity contribution in [2.45, 2.75) is 39.2 Å². The molecule has 0 bridgehead atoms. The summed E-state index contributed by atoms with van der Waals surface area (Å²) in [6.45, 7) is 5.39. The summed E-state index contributed by atoms with van der Waals surface area (Å²) >= 11 is 0. The molecular formula is C9H21N3. The van der Waals surface area contributed by atoms with Crippen molar-refractivity contribution >= 4 is 5.84 Å². The molecule has 3 nitrogen and oxygen atoms in total. The third kappa shape index (κ3) is 4.34. The lowest BCUT2D eigenvalue weighted by atomic mass is 10.1. The molecule has 72 valence electrons. The minimum Gasteiger partial charge on any atom is -0.388 e. The van der Waals surface area contributed by atoms with E-state index in [0.29, 0.717) is 18.3 Å². The van der Waals surface area contributed by atoms with E-state index in [2.05, 4.69) is 25.8 Å². The molecule has 3 N–H and O–H groups in total. The van der Waals surface area contributed by atoms with Crippen molar-refractivity contribution in [3.63, 3.8) is 0 Å². The molecule has 0 aliphatic carbocycles. The largest absolute Gasteiger partial charge is 0.388 e. The molecule has 0 fully saturated rings.